The first kappa shape index (κ1) is 14.5. The van der Waals surface area contributed by atoms with Gasteiger partial charge in [0.1, 0.15) is 0 Å². The third-order valence-corrected chi connectivity index (χ3v) is 4.93. The Balaban J connectivity index is 1.84. The summed E-state index contributed by atoms with van der Waals surface area (Å²) in [5.41, 5.74) is 2.52. The molecular weight excluding hydrogens is 278 g/mol. The Hall–Kier alpha value is -1.39. The molecule has 1 aromatic heterocycles. The maximum absolute atomic E-state index is 4.93. The van der Waals surface area contributed by atoms with Crippen LogP contribution in [0.3, 0.4) is 0 Å². The summed E-state index contributed by atoms with van der Waals surface area (Å²) >= 11 is 1.83. The number of nitrogens with zero attached hydrogens (tertiary/aromatic N) is 2. The summed E-state index contributed by atoms with van der Waals surface area (Å²) in [7, 11) is 2.10. The van der Waals surface area contributed by atoms with Gasteiger partial charge in [-0.05, 0) is 25.0 Å². The lowest BCUT2D eigenvalue weighted by molar-refractivity contribution is 0.590. The highest BCUT2D eigenvalue weighted by molar-refractivity contribution is 7.15. The maximum Gasteiger partial charge on any atom is 0.190 e. The van der Waals surface area contributed by atoms with E-state index in [2.05, 4.69) is 55.4 Å². The molecule has 0 saturated heterocycles. The molecule has 2 aromatic rings. The SMILES string of the molecule is CC(C)NCc1sc(N(C)c2ccccc2)nc1C1CC1. The summed E-state index contributed by atoms with van der Waals surface area (Å²) in [6.07, 6.45) is 2.60. The van der Waals surface area contributed by atoms with E-state index in [0.717, 1.165) is 11.7 Å². The predicted octanol–water partition coefficient (Wildman–Crippen LogP) is 4.29. The highest BCUT2D eigenvalue weighted by Gasteiger charge is 2.30. The van der Waals surface area contributed by atoms with Gasteiger partial charge in [0.15, 0.2) is 5.13 Å². The van der Waals surface area contributed by atoms with E-state index in [0.29, 0.717) is 12.0 Å². The van der Waals surface area contributed by atoms with Crippen LogP contribution in [0, 0.1) is 0 Å². The van der Waals surface area contributed by atoms with Gasteiger partial charge >= 0.3 is 0 Å². The number of hydrogen-bond donors (Lipinski definition) is 1. The lowest BCUT2D eigenvalue weighted by Gasteiger charge is -2.15. The summed E-state index contributed by atoms with van der Waals surface area (Å²) in [4.78, 5) is 8.53. The topological polar surface area (TPSA) is 28.2 Å². The third-order valence-electron chi connectivity index (χ3n) is 3.78. The molecule has 1 heterocycles. The Kier molecular flexibility index (Phi) is 4.27. The van der Waals surface area contributed by atoms with E-state index in [1.807, 2.05) is 17.4 Å². The van der Waals surface area contributed by atoms with Gasteiger partial charge < -0.3 is 10.2 Å². The largest absolute Gasteiger partial charge is 0.321 e. The minimum absolute atomic E-state index is 0.509. The first-order valence-electron chi connectivity index (χ1n) is 7.67. The van der Waals surface area contributed by atoms with E-state index in [1.165, 1.54) is 29.1 Å². The summed E-state index contributed by atoms with van der Waals surface area (Å²) in [6, 6.07) is 11.0. The van der Waals surface area contributed by atoms with Crippen LogP contribution < -0.4 is 10.2 Å². The molecule has 1 aliphatic rings. The molecule has 1 fully saturated rings. The zero-order valence-electron chi connectivity index (χ0n) is 13.0. The molecule has 0 bridgehead atoms. The summed E-state index contributed by atoms with van der Waals surface area (Å²) in [5.74, 6) is 0.697. The van der Waals surface area contributed by atoms with Gasteiger partial charge in [-0.1, -0.05) is 43.4 Å². The molecule has 0 aliphatic heterocycles. The average Bonchev–Trinajstić information content (AvgIpc) is 3.25. The van der Waals surface area contributed by atoms with Crippen molar-refractivity contribution in [2.45, 2.75) is 45.2 Å². The van der Waals surface area contributed by atoms with E-state index in [1.54, 1.807) is 0 Å². The van der Waals surface area contributed by atoms with Crippen molar-refractivity contribution < 1.29 is 0 Å². The minimum atomic E-state index is 0.509. The number of para-hydroxylation sites is 1. The molecule has 1 aromatic carbocycles. The number of hydrogen-bond acceptors (Lipinski definition) is 4. The molecule has 0 spiro atoms. The van der Waals surface area contributed by atoms with E-state index < -0.39 is 0 Å². The first-order valence-corrected chi connectivity index (χ1v) is 8.48. The Morgan fingerprint density at radius 3 is 2.62 bits per heavy atom. The number of aromatic nitrogens is 1. The fourth-order valence-corrected chi connectivity index (χ4v) is 3.43. The molecule has 1 saturated carbocycles. The first-order chi connectivity index (χ1) is 10.1. The molecule has 1 aliphatic carbocycles. The monoisotopic (exact) mass is 301 g/mol. The molecule has 112 valence electrons. The molecule has 4 heteroatoms. The van der Waals surface area contributed by atoms with Crippen molar-refractivity contribution in [3.05, 3.63) is 40.9 Å². The maximum atomic E-state index is 4.93. The highest BCUT2D eigenvalue weighted by Crippen LogP contribution is 2.44. The zero-order chi connectivity index (χ0) is 14.8. The summed E-state index contributed by atoms with van der Waals surface area (Å²) in [5, 5.41) is 4.63. The van der Waals surface area contributed by atoms with Crippen molar-refractivity contribution in [1.29, 1.82) is 0 Å². The minimum Gasteiger partial charge on any atom is -0.321 e. The molecule has 1 N–H and O–H groups in total. The van der Waals surface area contributed by atoms with E-state index in [9.17, 15) is 0 Å². The van der Waals surface area contributed by atoms with E-state index >= 15 is 0 Å². The Morgan fingerprint density at radius 1 is 1.29 bits per heavy atom. The standard InChI is InChI=1S/C17H23N3S/c1-12(2)18-11-15-16(13-9-10-13)19-17(21-15)20(3)14-7-5-4-6-8-14/h4-8,12-13,18H,9-11H2,1-3H3. The van der Waals surface area contributed by atoms with Gasteiger partial charge in [0, 0.05) is 36.1 Å². The van der Waals surface area contributed by atoms with Crippen molar-refractivity contribution in [3.8, 4) is 0 Å². The van der Waals surface area contributed by atoms with Crippen molar-refractivity contribution >= 4 is 22.2 Å². The number of benzene rings is 1. The van der Waals surface area contributed by atoms with Crippen molar-refractivity contribution in [2.24, 2.45) is 0 Å². The molecule has 21 heavy (non-hydrogen) atoms. The van der Waals surface area contributed by atoms with Crippen LogP contribution in [0.4, 0.5) is 10.8 Å². The van der Waals surface area contributed by atoms with Gasteiger partial charge in [-0.2, -0.15) is 0 Å². The second-order valence-corrected chi connectivity index (χ2v) is 7.07. The van der Waals surface area contributed by atoms with Gasteiger partial charge in [0.25, 0.3) is 0 Å². The number of anilines is 2. The highest BCUT2D eigenvalue weighted by atomic mass is 32.1. The van der Waals surface area contributed by atoms with Crippen molar-refractivity contribution in [3.63, 3.8) is 0 Å². The van der Waals surface area contributed by atoms with Gasteiger partial charge in [-0.3, -0.25) is 0 Å². The number of rotatable bonds is 6. The van der Waals surface area contributed by atoms with Crippen LogP contribution in [0.15, 0.2) is 30.3 Å². The van der Waals surface area contributed by atoms with Crippen LogP contribution in [0.5, 0.6) is 0 Å². The molecule has 0 unspecified atom stereocenters. The smallest absolute Gasteiger partial charge is 0.190 e. The molecule has 3 nitrogen and oxygen atoms in total. The molecule has 0 amide bonds. The van der Waals surface area contributed by atoms with Crippen LogP contribution >= 0.6 is 11.3 Å². The second kappa shape index (κ2) is 6.16. The predicted molar refractivity (Wildman–Crippen MR) is 90.6 cm³/mol. The Labute approximate surface area is 131 Å². The van der Waals surface area contributed by atoms with Gasteiger partial charge in [0.2, 0.25) is 0 Å². The molecule has 3 rings (SSSR count). The Morgan fingerprint density at radius 2 is 2.00 bits per heavy atom. The third kappa shape index (κ3) is 3.44. The second-order valence-electron chi connectivity index (χ2n) is 6.01. The molecular formula is C17H23N3S. The fourth-order valence-electron chi connectivity index (χ4n) is 2.36. The van der Waals surface area contributed by atoms with E-state index in [-0.39, 0.29) is 0 Å². The lowest BCUT2D eigenvalue weighted by atomic mass is 10.2. The average molecular weight is 301 g/mol. The quantitative estimate of drug-likeness (QED) is 0.863. The normalized spacial score (nSPS) is 14.7. The number of thiazole rings is 1. The van der Waals surface area contributed by atoms with Crippen LogP contribution in [-0.4, -0.2) is 18.1 Å². The summed E-state index contributed by atoms with van der Waals surface area (Å²) in [6.45, 7) is 5.31. The van der Waals surface area contributed by atoms with E-state index in [4.69, 9.17) is 4.98 Å². The van der Waals surface area contributed by atoms with Gasteiger partial charge in [-0.15, -0.1) is 0 Å². The van der Waals surface area contributed by atoms with Crippen LogP contribution in [-0.2, 0) is 6.54 Å². The van der Waals surface area contributed by atoms with Crippen LogP contribution in [0.1, 0.15) is 43.2 Å². The van der Waals surface area contributed by atoms with Crippen LogP contribution in [0.2, 0.25) is 0 Å². The molecule has 0 atom stereocenters. The van der Waals surface area contributed by atoms with Crippen molar-refractivity contribution in [1.82, 2.24) is 10.3 Å². The number of nitrogens with one attached hydrogen (secondary N) is 1. The fraction of sp³-hybridized carbons (Fsp3) is 0.471. The van der Waals surface area contributed by atoms with Gasteiger partial charge in [-0.25, -0.2) is 4.98 Å². The molecule has 0 radical (unpaired) electrons. The van der Waals surface area contributed by atoms with Crippen molar-refractivity contribution in [2.75, 3.05) is 11.9 Å². The Bertz CT molecular complexity index is 587. The van der Waals surface area contributed by atoms with Crippen LogP contribution in [0.25, 0.3) is 0 Å². The summed E-state index contributed by atoms with van der Waals surface area (Å²) < 4.78 is 0. The lowest BCUT2D eigenvalue weighted by Crippen LogP contribution is -2.21. The zero-order valence-corrected chi connectivity index (χ0v) is 13.8. The van der Waals surface area contributed by atoms with Gasteiger partial charge in [0.05, 0.1) is 5.69 Å².